The van der Waals surface area contributed by atoms with Gasteiger partial charge in [-0.15, -0.1) is 0 Å². The maximum Gasteiger partial charge on any atom is 0.0773 e. The van der Waals surface area contributed by atoms with Crippen molar-refractivity contribution < 1.29 is 0 Å². The maximum absolute atomic E-state index is 3.87. The molecule has 0 unspecified atom stereocenters. The molecular formula is C16H34N2Si. The third kappa shape index (κ3) is 5.97. The smallest absolute Gasteiger partial charge is 0.0773 e. The molecule has 0 amide bonds. The summed E-state index contributed by atoms with van der Waals surface area (Å²) in [5.74, 6) is 0. The van der Waals surface area contributed by atoms with Crippen LogP contribution >= 0.6 is 0 Å². The molecule has 19 heavy (non-hydrogen) atoms. The topological polar surface area (TPSA) is 24.1 Å². The van der Waals surface area contributed by atoms with E-state index in [0.29, 0.717) is 0 Å². The third-order valence-electron chi connectivity index (χ3n) is 4.95. The average Bonchev–Trinajstić information content (AvgIpc) is 2.46. The summed E-state index contributed by atoms with van der Waals surface area (Å²) in [6, 6.07) is 1.66. The van der Waals surface area contributed by atoms with Gasteiger partial charge in [-0.25, -0.2) is 0 Å². The van der Waals surface area contributed by atoms with Gasteiger partial charge < -0.3 is 10.6 Å². The summed E-state index contributed by atoms with van der Waals surface area (Å²) >= 11 is 0. The molecule has 0 radical (unpaired) electrons. The molecular weight excluding hydrogens is 248 g/mol. The van der Waals surface area contributed by atoms with E-state index >= 15 is 0 Å². The van der Waals surface area contributed by atoms with E-state index in [0.717, 1.165) is 12.1 Å². The van der Waals surface area contributed by atoms with Gasteiger partial charge in [0, 0.05) is 12.1 Å². The average molecular weight is 283 g/mol. The number of nitrogens with one attached hydrogen (secondary N) is 2. The van der Waals surface area contributed by atoms with E-state index in [2.05, 4.69) is 23.7 Å². The van der Waals surface area contributed by atoms with Crippen molar-refractivity contribution in [1.29, 1.82) is 0 Å². The van der Waals surface area contributed by atoms with Gasteiger partial charge in [-0.2, -0.15) is 0 Å². The Kier molecular flexibility index (Phi) is 6.37. The van der Waals surface area contributed by atoms with E-state index in [4.69, 9.17) is 0 Å². The van der Waals surface area contributed by atoms with Crippen LogP contribution < -0.4 is 10.6 Å². The van der Waals surface area contributed by atoms with Crippen molar-refractivity contribution in [1.82, 2.24) is 10.6 Å². The van der Waals surface area contributed by atoms with Crippen molar-refractivity contribution in [2.45, 2.75) is 89.4 Å². The van der Waals surface area contributed by atoms with Crippen LogP contribution in [0.4, 0.5) is 0 Å². The van der Waals surface area contributed by atoms with Crippen LogP contribution in [0.25, 0.3) is 0 Å². The molecule has 0 atom stereocenters. The highest BCUT2D eigenvalue weighted by Gasteiger charge is 2.24. The standard InChI is InChI=1S/C16H34N2Si/c1-19(2,13-17-15-9-5-3-6-10-15)14-18-16-11-7-4-8-12-16/h15-18H,3-14H2,1-2H3. The first-order chi connectivity index (χ1) is 9.16. The molecule has 0 heterocycles. The number of hydrogen-bond acceptors (Lipinski definition) is 2. The molecule has 2 nitrogen and oxygen atoms in total. The van der Waals surface area contributed by atoms with Gasteiger partial charge in [-0.3, -0.25) is 0 Å². The molecule has 2 fully saturated rings. The summed E-state index contributed by atoms with van der Waals surface area (Å²) in [7, 11) is -1.09. The van der Waals surface area contributed by atoms with Crippen molar-refractivity contribution in [3.63, 3.8) is 0 Å². The van der Waals surface area contributed by atoms with E-state index in [1.807, 2.05) is 0 Å². The fourth-order valence-electron chi connectivity index (χ4n) is 3.52. The van der Waals surface area contributed by atoms with Crippen LogP contribution in [-0.2, 0) is 0 Å². The van der Waals surface area contributed by atoms with Crippen LogP contribution in [0.2, 0.25) is 13.1 Å². The van der Waals surface area contributed by atoms with Crippen LogP contribution in [-0.4, -0.2) is 32.5 Å². The van der Waals surface area contributed by atoms with Crippen LogP contribution in [0.3, 0.4) is 0 Å². The van der Waals surface area contributed by atoms with Crippen LogP contribution in [0.1, 0.15) is 64.2 Å². The lowest BCUT2D eigenvalue weighted by Gasteiger charge is -2.31. The van der Waals surface area contributed by atoms with Crippen molar-refractivity contribution in [3.05, 3.63) is 0 Å². The molecule has 0 saturated heterocycles. The van der Waals surface area contributed by atoms with E-state index < -0.39 is 8.07 Å². The highest BCUT2D eigenvalue weighted by atomic mass is 28.3. The Bertz CT molecular complexity index is 219. The quantitative estimate of drug-likeness (QED) is 0.727. The summed E-state index contributed by atoms with van der Waals surface area (Å²) in [5, 5.41) is 7.74. The van der Waals surface area contributed by atoms with Gasteiger partial charge in [-0.1, -0.05) is 51.6 Å². The van der Waals surface area contributed by atoms with Gasteiger partial charge in [0.05, 0.1) is 8.07 Å². The Morgan fingerprint density at radius 3 is 1.42 bits per heavy atom. The van der Waals surface area contributed by atoms with Gasteiger partial charge in [0.1, 0.15) is 0 Å². The molecule has 2 N–H and O–H groups in total. The highest BCUT2D eigenvalue weighted by Crippen LogP contribution is 2.19. The van der Waals surface area contributed by atoms with Gasteiger partial charge in [-0.05, 0) is 38.0 Å². The minimum Gasteiger partial charge on any atom is -0.317 e. The van der Waals surface area contributed by atoms with Gasteiger partial charge in [0.15, 0.2) is 0 Å². The Morgan fingerprint density at radius 1 is 0.684 bits per heavy atom. The van der Waals surface area contributed by atoms with Gasteiger partial charge >= 0.3 is 0 Å². The van der Waals surface area contributed by atoms with Gasteiger partial charge in [0.25, 0.3) is 0 Å². The second-order valence-electron chi connectivity index (χ2n) is 7.60. The molecule has 0 aliphatic heterocycles. The molecule has 0 aromatic heterocycles. The highest BCUT2D eigenvalue weighted by molar-refractivity contribution is 6.77. The van der Waals surface area contributed by atoms with Gasteiger partial charge in [0.2, 0.25) is 0 Å². The molecule has 0 spiro atoms. The zero-order valence-corrected chi connectivity index (χ0v) is 14.1. The second-order valence-corrected chi connectivity index (χ2v) is 12.6. The second kappa shape index (κ2) is 7.80. The Morgan fingerprint density at radius 2 is 1.05 bits per heavy atom. The minimum absolute atomic E-state index is 0.829. The SMILES string of the molecule is C[Si](C)(CNC1CCCCC1)CNC1CCCCC1. The predicted molar refractivity (Wildman–Crippen MR) is 87.2 cm³/mol. The monoisotopic (exact) mass is 282 g/mol. The Labute approximate surface area is 121 Å². The van der Waals surface area contributed by atoms with Crippen molar-refractivity contribution >= 4 is 8.07 Å². The molecule has 2 rings (SSSR count). The minimum atomic E-state index is -1.09. The lowest BCUT2D eigenvalue weighted by atomic mass is 9.96. The van der Waals surface area contributed by atoms with E-state index in [1.54, 1.807) is 0 Å². The van der Waals surface area contributed by atoms with E-state index in [1.165, 1.54) is 76.5 Å². The molecule has 2 aliphatic rings. The summed E-state index contributed by atoms with van der Waals surface area (Å²) in [6.45, 7) is 5.08. The molecule has 112 valence electrons. The Balaban J connectivity index is 1.62. The van der Waals surface area contributed by atoms with Crippen molar-refractivity contribution in [3.8, 4) is 0 Å². The zero-order chi connectivity index (χ0) is 13.6. The lowest BCUT2D eigenvalue weighted by Crippen LogP contribution is -2.53. The van der Waals surface area contributed by atoms with E-state index in [9.17, 15) is 0 Å². The zero-order valence-electron chi connectivity index (χ0n) is 13.1. The summed E-state index contributed by atoms with van der Waals surface area (Å²) < 4.78 is 0. The molecule has 2 aliphatic carbocycles. The molecule has 3 heteroatoms. The first kappa shape index (κ1) is 15.5. The summed E-state index contributed by atoms with van der Waals surface area (Å²) in [5.41, 5.74) is 0. The van der Waals surface area contributed by atoms with Crippen LogP contribution in [0, 0.1) is 0 Å². The van der Waals surface area contributed by atoms with Crippen molar-refractivity contribution in [2.75, 3.05) is 12.3 Å². The molecule has 2 saturated carbocycles. The first-order valence-corrected chi connectivity index (χ1v) is 12.0. The normalized spacial score (nSPS) is 23.7. The summed E-state index contributed by atoms with van der Waals surface area (Å²) in [4.78, 5) is 0. The van der Waals surface area contributed by atoms with E-state index in [-0.39, 0.29) is 0 Å². The molecule has 0 bridgehead atoms. The lowest BCUT2D eigenvalue weighted by molar-refractivity contribution is 0.381. The van der Waals surface area contributed by atoms with Crippen LogP contribution in [0.5, 0.6) is 0 Å². The predicted octanol–water partition coefficient (Wildman–Crippen LogP) is 3.62. The largest absolute Gasteiger partial charge is 0.317 e. The van der Waals surface area contributed by atoms with Crippen LogP contribution in [0.15, 0.2) is 0 Å². The fraction of sp³-hybridized carbons (Fsp3) is 1.00. The molecule has 0 aromatic rings. The van der Waals surface area contributed by atoms with Crippen molar-refractivity contribution in [2.24, 2.45) is 0 Å². The number of hydrogen-bond donors (Lipinski definition) is 2. The summed E-state index contributed by atoms with van der Waals surface area (Å²) in [6.07, 6.45) is 17.0. The third-order valence-corrected chi connectivity index (χ3v) is 7.27. The fourth-order valence-corrected chi connectivity index (χ4v) is 5.32. The molecule has 0 aromatic carbocycles. The first-order valence-electron chi connectivity index (χ1n) is 8.62. The number of rotatable bonds is 6. The maximum atomic E-state index is 3.87. The Hall–Kier alpha value is 0.137.